The summed E-state index contributed by atoms with van der Waals surface area (Å²) in [4.78, 5) is 4.47. The number of benzene rings is 2. The lowest BCUT2D eigenvalue weighted by atomic mass is 9.92. The van der Waals surface area contributed by atoms with Gasteiger partial charge in [0.25, 0.3) is 0 Å². The molecule has 2 aromatic heterocycles. The van der Waals surface area contributed by atoms with E-state index in [1.165, 1.54) is 0 Å². The average Bonchev–Trinajstić information content (AvgIpc) is 3.25. The van der Waals surface area contributed by atoms with E-state index in [0.717, 1.165) is 60.0 Å². The van der Waals surface area contributed by atoms with Crippen molar-refractivity contribution in [3.8, 4) is 11.5 Å². The maximum Gasteiger partial charge on any atom is 0.177 e. The molecular weight excluding hydrogens is 388 g/mol. The van der Waals surface area contributed by atoms with E-state index in [1.54, 1.807) is 10.7 Å². The van der Waals surface area contributed by atoms with Gasteiger partial charge in [-0.1, -0.05) is 24.3 Å². The van der Waals surface area contributed by atoms with Crippen LogP contribution in [0.25, 0.3) is 5.65 Å². The summed E-state index contributed by atoms with van der Waals surface area (Å²) in [5, 5.41) is 11.7. The lowest BCUT2D eigenvalue weighted by molar-refractivity contribution is 0.410. The Balaban J connectivity index is 1.37. The molecule has 7 heteroatoms. The predicted octanol–water partition coefficient (Wildman–Crippen LogP) is 4.95. The molecule has 158 valence electrons. The molecule has 0 atom stereocenters. The van der Waals surface area contributed by atoms with Gasteiger partial charge in [0.2, 0.25) is 0 Å². The molecule has 0 amide bonds. The van der Waals surface area contributed by atoms with Crippen molar-refractivity contribution in [2.75, 3.05) is 10.6 Å². The Morgan fingerprint density at radius 1 is 0.935 bits per heavy atom. The summed E-state index contributed by atoms with van der Waals surface area (Å²) >= 11 is 0. The summed E-state index contributed by atoms with van der Waals surface area (Å²) in [6, 6.07) is 20.4. The van der Waals surface area contributed by atoms with E-state index in [2.05, 4.69) is 20.7 Å². The van der Waals surface area contributed by atoms with Crippen molar-refractivity contribution in [3.63, 3.8) is 0 Å². The number of hydrogen-bond acceptors (Lipinski definition) is 6. The summed E-state index contributed by atoms with van der Waals surface area (Å²) < 4.78 is 7.76. The average molecular weight is 415 g/mol. The van der Waals surface area contributed by atoms with Gasteiger partial charge >= 0.3 is 0 Å². The van der Waals surface area contributed by atoms with Gasteiger partial charge in [0.15, 0.2) is 5.65 Å². The molecular formula is C24H26N6O. The minimum Gasteiger partial charge on any atom is -0.457 e. The molecule has 0 bridgehead atoms. The van der Waals surface area contributed by atoms with E-state index < -0.39 is 0 Å². The van der Waals surface area contributed by atoms with Gasteiger partial charge in [-0.2, -0.15) is 0 Å². The maximum atomic E-state index is 6.05. The second-order valence-corrected chi connectivity index (χ2v) is 7.96. The molecule has 0 radical (unpaired) electrons. The molecule has 31 heavy (non-hydrogen) atoms. The minimum atomic E-state index is 0.324. The Morgan fingerprint density at radius 3 is 2.58 bits per heavy atom. The number of fused-ring (bicyclic) bond motifs is 1. The van der Waals surface area contributed by atoms with Crippen LogP contribution >= 0.6 is 0 Å². The lowest BCUT2D eigenvalue weighted by Crippen LogP contribution is -2.33. The minimum absolute atomic E-state index is 0.324. The molecule has 1 saturated carbocycles. The van der Waals surface area contributed by atoms with Crippen LogP contribution in [0.1, 0.15) is 25.7 Å². The van der Waals surface area contributed by atoms with Crippen molar-refractivity contribution < 1.29 is 4.74 Å². The Kier molecular flexibility index (Phi) is 5.41. The fourth-order valence-corrected chi connectivity index (χ4v) is 3.97. The number of hydrogen-bond donors (Lipinski definition) is 3. The van der Waals surface area contributed by atoms with Crippen molar-refractivity contribution in [1.82, 2.24) is 14.6 Å². The van der Waals surface area contributed by atoms with Crippen LogP contribution in [-0.2, 0) is 0 Å². The van der Waals surface area contributed by atoms with E-state index in [0.29, 0.717) is 12.1 Å². The highest BCUT2D eigenvalue weighted by atomic mass is 16.5. The van der Waals surface area contributed by atoms with Gasteiger partial charge in [-0.05, 0) is 49.9 Å². The van der Waals surface area contributed by atoms with Crippen molar-refractivity contribution in [2.45, 2.75) is 37.8 Å². The molecule has 1 aliphatic rings. The number of imidazole rings is 1. The number of nitrogens with one attached hydrogen (secondary N) is 2. The molecule has 0 aliphatic heterocycles. The van der Waals surface area contributed by atoms with E-state index in [-0.39, 0.29) is 0 Å². The molecule has 5 rings (SSSR count). The van der Waals surface area contributed by atoms with E-state index in [4.69, 9.17) is 10.5 Å². The summed E-state index contributed by atoms with van der Waals surface area (Å²) in [5.41, 5.74) is 8.61. The number of para-hydroxylation sites is 1. The van der Waals surface area contributed by atoms with E-state index in [9.17, 15) is 0 Å². The van der Waals surface area contributed by atoms with Crippen LogP contribution in [0.2, 0.25) is 0 Å². The molecule has 1 aliphatic carbocycles. The van der Waals surface area contributed by atoms with Gasteiger partial charge in [-0.3, -0.25) is 0 Å². The van der Waals surface area contributed by atoms with Crippen molar-refractivity contribution >= 4 is 22.8 Å². The number of nitrogens with two attached hydrogens (primary N) is 1. The van der Waals surface area contributed by atoms with Crippen molar-refractivity contribution in [1.29, 1.82) is 0 Å². The Labute approximate surface area is 181 Å². The highest BCUT2D eigenvalue weighted by Crippen LogP contribution is 2.29. The molecule has 7 nitrogen and oxygen atoms in total. The van der Waals surface area contributed by atoms with Gasteiger partial charge in [0.1, 0.15) is 17.3 Å². The number of rotatable bonds is 6. The first-order chi connectivity index (χ1) is 15.2. The van der Waals surface area contributed by atoms with E-state index >= 15 is 0 Å². The zero-order valence-corrected chi connectivity index (χ0v) is 17.2. The fourth-order valence-electron chi connectivity index (χ4n) is 3.97. The van der Waals surface area contributed by atoms with Crippen LogP contribution in [0.5, 0.6) is 11.5 Å². The molecule has 0 unspecified atom stereocenters. The first kappa shape index (κ1) is 19.4. The van der Waals surface area contributed by atoms with Gasteiger partial charge in [-0.25, -0.2) is 9.50 Å². The van der Waals surface area contributed by atoms with Crippen LogP contribution in [-0.4, -0.2) is 26.7 Å². The smallest absolute Gasteiger partial charge is 0.177 e. The number of aromatic nitrogens is 3. The van der Waals surface area contributed by atoms with Crippen LogP contribution in [0.15, 0.2) is 73.1 Å². The zero-order valence-electron chi connectivity index (χ0n) is 17.2. The highest BCUT2D eigenvalue weighted by Gasteiger charge is 2.19. The van der Waals surface area contributed by atoms with Crippen LogP contribution < -0.4 is 21.1 Å². The predicted molar refractivity (Wildman–Crippen MR) is 123 cm³/mol. The molecule has 4 N–H and O–H groups in total. The second-order valence-electron chi connectivity index (χ2n) is 7.96. The third kappa shape index (κ3) is 4.62. The molecule has 0 saturated heterocycles. The first-order valence-electron chi connectivity index (χ1n) is 10.7. The first-order valence-corrected chi connectivity index (χ1v) is 10.7. The standard InChI is InChI=1S/C24H26N6O/c25-17-9-11-18(12-10-17)28-23-16-22(24-26-13-14-30(24)29-23)27-19-5-4-8-21(15-19)31-20-6-2-1-3-7-20/h1-8,13-18,27H,9-12,25H2,(H,28,29)/t17-,18-. The van der Waals surface area contributed by atoms with E-state index in [1.807, 2.05) is 66.9 Å². The van der Waals surface area contributed by atoms with Crippen LogP contribution in [0.3, 0.4) is 0 Å². The highest BCUT2D eigenvalue weighted by molar-refractivity contribution is 5.76. The number of ether oxygens (including phenoxy) is 1. The normalized spacial score (nSPS) is 18.6. The SMILES string of the molecule is N[C@H]1CC[C@H](Nc2cc(Nc3cccc(Oc4ccccc4)c3)c3nccn3n2)CC1. The molecule has 2 heterocycles. The quantitative estimate of drug-likeness (QED) is 0.414. The largest absolute Gasteiger partial charge is 0.457 e. The van der Waals surface area contributed by atoms with Crippen molar-refractivity contribution in [2.24, 2.45) is 5.73 Å². The molecule has 2 aromatic carbocycles. The van der Waals surface area contributed by atoms with Gasteiger partial charge < -0.3 is 21.1 Å². The Morgan fingerprint density at radius 2 is 1.74 bits per heavy atom. The topological polar surface area (TPSA) is 89.5 Å². The summed E-state index contributed by atoms with van der Waals surface area (Å²) in [6.45, 7) is 0. The second kappa shape index (κ2) is 8.65. The third-order valence-corrected chi connectivity index (χ3v) is 5.57. The van der Waals surface area contributed by atoms with Crippen molar-refractivity contribution in [3.05, 3.63) is 73.1 Å². The van der Waals surface area contributed by atoms with Crippen LogP contribution in [0.4, 0.5) is 17.2 Å². The molecule has 4 aromatic rings. The summed E-state index contributed by atoms with van der Waals surface area (Å²) in [6.07, 6.45) is 7.83. The van der Waals surface area contributed by atoms with Crippen LogP contribution in [0, 0.1) is 0 Å². The number of anilines is 3. The third-order valence-electron chi connectivity index (χ3n) is 5.57. The van der Waals surface area contributed by atoms with Gasteiger partial charge in [0.05, 0.1) is 5.69 Å². The molecule has 1 fully saturated rings. The molecule has 0 spiro atoms. The number of nitrogens with zero attached hydrogens (tertiary/aromatic N) is 3. The fraction of sp³-hybridized carbons (Fsp3) is 0.250. The lowest BCUT2D eigenvalue weighted by Gasteiger charge is -2.27. The monoisotopic (exact) mass is 414 g/mol. The summed E-state index contributed by atoms with van der Waals surface area (Å²) in [5.74, 6) is 2.39. The Hall–Kier alpha value is -3.58. The van der Waals surface area contributed by atoms with Gasteiger partial charge in [0, 0.05) is 42.3 Å². The Bertz CT molecular complexity index is 1150. The summed E-state index contributed by atoms with van der Waals surface area (Å²) in [7, 11) is 0. The van der Waals surface area contributed by atoms with Gasteiger partial charge in [-0.15, -0.1) is 5.10 Å². The maximum absolute atomic E-state index is 6.05. The zero-order chi connectivity index (χ0) is 21.0.